The van der Waals surface area contributed by atoms with Gasteiger partial charge in [-0.1, -0.05) is 12.1 Å². The lowest BCUT2D eigenvalue weighted by Crippen LogP contribution is -2.28. The molecule has 6 nitrogen and oxygen atoms in total. The van der Waals surface area contributed by atoms with E-state index in [1.807, 2.05) is 31.2 Å². The molecule has 4 rings (SSSR count). The van der Waals surface area contributed by atoms with Gasteiger partial charge in [0, 0.05) is 23.6 Å². The summed E-state index contributed by atoms with van der Waals surface area (Å²) in [5.74, 6) is -0.217. The molecule has 25 heavy (non-hydrogen) atoms. The second-order valence-corrected chi connectivity index (χ2v) is 6.57. The normalized spacial score (nSPS) is 13.6. The van der Waals surface area contributed by atoms with Gasteiger partial charge in [-0.25, -0.2) is 4.52 Å². The van der Waals surface area contributed by atoms with Gasteiger partial charge in [0.05, 0.1) is 5.69 Å². The Bertz CT molecular complexity index is 1020. The molecule has 0 bridgehead atoms. The van der Waals surface area contributed by atoms with Crippen molar-refractivity contribution < 1.29 is 4.79 Å². The van der Waals surface area contributed by atoms with Crippen LogP contribution in [0.4, 0.5) is 5.69 Å². The van der Waals surface area contributed by atoms with Crippen molar-refractivity contribution in [2.24, 2.45) is 0 Å². The number of anilines is 1. The highest BCUT2D eigenvalue weighted by Gasteiger charge is 2.20. The van der Waals surface area contributed by atoms with E-state index < -0.39 is 0 Å². The molecule has 1 amide bonds. The standard InChI is InChI=1S/C19H20N4O2/c1-13-5-4-6-14(11-13)20-17(24)12-22-9-10-23-18(19(22)25)15-7-2-3-8-16(15)21-23/h4-6,9-11H,2-3,7-8,12H2,1H3,(H,20,24). The van der Waals surface area contributed by atoms with Crippen molar-refractivity contribution in [2.45, 2.75) is 39.2 Å². The van der Waals surface area contributed by atoms with E-state index in [4.69, 9.17) is 0 Å². The molecule has 0 aliphatic heterocycles. The number of carbonyl (C=O) groups is 1. The number of aromatic nitrogens is 3. The van der Waals surface area contributed by atoms with Crippen molar-refractivity contribution >= 4 is 17.1 Å². The molecule has 1 N–H and O–H groups in total. The van der Waals surface area contributed by atoms with E-state index in [-0.39, 0.29) is 18.0 Å². The van der Waals surface area contributed by atoms with Gasteiger partial charge in [-0.05, 0) is 50.3 Å². The molecule has 128 valence electrons. The average molecular weight is 336 g/mol. The van der Waals surface area contributed by atoms with Gasteiger partial charge in [0.25, 0.3) is 5.56 Å². The summed E-state index contributed by atoms with van der Waals surface area (Å²) in [5.41, 5.74) is 4.33. The molecule has 2 heterocycles. The fraction of sp³-hybridized carbons (Fsp3) is 0.316. The number of hydrogen-bond acceptors (Lipinski definition) is 3. The predicted molar refractivity (Wildman–Crippen MR) is 95.9 cm³/mol. The van der Waals surface area contributed by atoms with Crippen LogP contribution in [0.1, 0.15) is 29.7 Å². The maximum Gasteiger partial charge on any atom is 0.277 e. The van der Waals surface area contributed by atoms with Gasteiger partial charge in [-0.2, -0.15) is 5.10 Å². The predicted octanol–water partition coefficient (Wildman–Crippen LogP) is 2.32. The van der Waals surface area contributed by atoms with Gasteiger partial charge in [-0.3, -0.25) is 9.59 Å². The van der Waals surface area contributed by atoms with E-state index in [0.29, 0.717) is 5.52 Å². The van der Waals surface area contributed by atoms with Crippen LogP contribution in [-0.2, 0) is 24.2 Å². The average Bonchev–Trinajstić information content (AvgIpc) is 2.96. The van der Waals surface area contributed by atoms with Gasteiger partial charge in [0.1, 0.15) is 12.1 Å². The summed E-state index contributed by atoms with van der Waals surface area (Å²) in [6.07, 6.45) is 7.39. The summed E-state index contributed by atoms with van der Waals surface area (Å²) in [7, 11) is 0. The van der Waals surface area contributed by atoms with Gasteiger partial charge in [0.2, 0.25) is 5.91 Å². The number of hydrogen-bond donors (Lipinski definition) is 1. The molecule has 2 aromatic heterocycles. The van der Waals surface area contributed by atoms with Crippen LogP contribution in [0.15, 0.2) is 41.5 Å². The number of nitrogens with one attached hydrogen (secondary N) is 1. The molecule has 0 unspecified atom stereocenters. The fourth-order valence-corrected chi connectivity index (χ4v) is 3.46. The van der Waals surface area contributed by atoms with Crippen LogP contribution < -0.4 is 10.9 Å². The van der Waals surface area contributed by atoms with E-state index in [1.54, 1.807) is 16.9 Å². The lowest BCUT2D eigenvalue weighted by atomic mass is 9.97. The number of carbonyl (C=O) groups excluding carboxylic acids is 1. The van der Waals surface area contributed by atoms with E-state index >= 15 is 0 Å². The Morgan fingerprint density at radius 2 is 2.08 bits per heavy atom. The zero-order valence-electron chi connectivity index (χ0n) is 14.2. The number of amides is 1. The Hall–Kier alpha value is -2.89. The molecule has 1 aromatic carbocycles. The minimum absolute atomic E-state index is 0.0107. The van der Waals surface area contributed by atoms with E-state index in [9.17, 15) is 9.59 Å². The maximum atomic E-state index is 12.8. The van der Waals surface area contributed by atoms with Crippen LogP contribution in [0.25, 0.3) is 5.52 Å². The Morgan fingerprint density at radius 3 is 2.92 bits per heavy atom. The summed E-state index contributed by atoms with van der Waals surface area (Å²) in [6.45, 7) is 1.96. The van der Waals surface area contributed by atoms with Crippen molar-refractivity contribution in [3.8, 4) is 0 Å². The van der Waals surface area contributed by atoms with Crippen molar-refractivity contribution in [3.63, 3.8) is 0 Å². The highest BCUT2D eigenvalue weighted by molar-refractivity contribution is 5.90. The van der Waals surface area contributed by atoms with Crippen LogP contribution in [-0.4, -0.2) is 20.1 Å². The second kappa shape index (κ2) is 6.20. The Labute approximate surface area is 145 Å². The molecule has 0 fully saturated rings. The topological polar surface area (TPSA) is 68.4 Å². The molecule has 0 atom stereocenters. The monoisotopic (exact) mass is 336 g/mol. The van der Waals surface area contributed by atoms with Crippen LogP contribution >= 0.6 is 0 Å². The van der Waals surface area contributed by atoms with E-state index in [1.165, 1.54) is 4.57 Å². The first-order valence-corrected chi connectivity index (χ1v) is 8.58. The first-order valence-electron chi connectivity index (χ1n) is 8.58. The minimum Gasteiger partial charge on any atom is -0.325 e. The van der Waals surface area contributed by atoms with Crippen LogP contribution in [0, 0.1) is 6.92 Å². The van der Waals surface area contributed by atoms with Gasteiger partial charge in [-0.15, -0.1) is 0 Å². The highest BCUT2D eigenvalue weighted by Crippen LogP contribution is 2.22. The van der Waals surface area contributed by atoms with Gasteiger partial charge < -0.3 is 9.88 Å². The highest BCUT2D eigenvalue weighted by atomic mass is 16.2. The first-order chi connectivity index (χ1) is 12.1. The Balaban J connectivity index is 1.62. The van der Waals surface area contributed by atoms with Crippen LogP contribution in [0.3, 0.4) is 0 Å². The van der Waals surface area contributed by atoms with Crippen molar-refractivity contribution in [3.05, 3.63) is 63.8 Å². The summed E-state index contributed by atoms with van der Waals surface area (Å²) in [4.78, 5) is 25.1. The number of fused-ring (bicyclic) bond motifs is 3. The molecule has 0 spiro atoms. The molecule has 3 aromatic rings. The summed E-state index contributed by atoms with van der Waals surface area (Å²) >= 11 is 0. The number of rotatable bonds is 3. The molecular formula is C19H20N4O2. The Kier molecular flexibility index (Phi) is 3.87. The third-order valence-electron chi connectivity index (χ3n) is 4.65. The molecule has 0 saturated heterocycles. The lowest BCUT2D eigenvalue weighted by Gasteiger charge is -2.10. The number of benzene rings is 1. The van der Waals surface area contributed by atoms with E-state index in [0.717, 1.165) is 48.2 Å². The third kappa shape index (κ3) is 2.95. The Morgan fingerprint density at radius 1 is 1.24 bits per heavy atom. The molecule has 0 saturated carbocycles. The van der Waals surface area contributed by atoms with E-state index in [2.05, 4.69) is 10.4 Å². The number of nitrogens with zero attached hydrogens (tertiary/aromatic N) is 3. The van der Waals surface area contributed by atoms with Crippen molar-refractivity contribution in [1.82, 2.24) is 14.2 Å². The SMILES string of the molecule is Cc1cccc(NC(=O)Cn2ccn3nc4c(c3c2=O)CCCC4)c1. The fourth-order valence-electron chi connectivity index (χ4n) is 3.46. The maximum absolute atomic E-state index is 12.8. The van der Waals surface area contributed by atoms with Gasteiger partial charge in [0.15, 0.2) is 0 Å². The third-order valence-corrected chi connectivity index (χ3v) is 4.65. The summed E-state index contributed by atoms with van der Waals surface area (Å²) in [6, 6.07) is 7.60. The smallest absolute Gasteiger partial charge is 0.277 e. The largest absolute Gasteiger partial charge is 0.325 e. The summed E-state index contributed by atoms with van der Waals surface area (Å²) in [5, 5.41) is 7.36. The van der Waals surface area contributed by atoms with Crippen LogP contribution in [0.5, 0.6) is 0 Å². The number of aryl methyl sites for hydroxylation is 3. The zero-order chi connectivity index (χ0) is 17.4. The minimum atomic E-state index is -0.217. The van der Waals surface area contributed by atoms with Crippen molar-refractivity contribution in [2.75, 3.05) is 5.32 Å². The lowest BCUT2D eigenvalue weighted by molar-refractivity contribution is -0.116. The molecular weight excluding hydrogens is 316 g/mol. The molecule has 6 heteroatoms. The van der Waals surface area contributed by atoms with Crippen LogP contribution in [0.2, 0.25) is 0 Å². The zero-order valence-corrected chi connectivity index (χ0v) is 14.2. The summed E-state index contributed by atoms with van der Waals surface area (Å²) < 4.78 is 3.12. The van der Waals surface area contributed by atoms with Gasteiger partial charge >= 0.3 is 0 Å². The first kappa shape index (κ1) is 15.6. The molecule has 1 aliphatic rings. The molecule has 0 radical (unpaired) electrons. The molecule has 1 aliphatic carbocycles. The van der Waals surface area contributed by atoms with Crippen molar-refractivity contribution in [1.29, 1.82) is 0 Å². The quantitative estimate of drug-likeness (QED) is 0.798. The second-order valence-electron chi connectivity index (χ2n) is 6.57.